The van der Waals surface area contributed by atoms with Gasteiger partial charge in [0.15, 0.2) is 0 Å². The van der Waals surface area contributed by atoms with Gasteiger partial charge in [-0.05, 0) is 45.8 Å². The van der Waals surface area contributed by atoms with Gasteiger partial charge in [0.25, 0.3) is 0 Å². The fraction of sp³-hybridized carbons (Fsp3) is 1.00. The quantitative estimate of drug-likeness (QED) is 0.101. The summed E-state index contributed by atoms with van der Waals surface area (Å²) in [7, 11) is 0.0116. The molecule has 0 unspecified atom stereocenters. The normalized spacial score (nSPS) is 11.8. The summed E-state index contributed by atoms with van der Waals surface area (Å²) in [6.07, 6.45) is 26.0. The van der Waals surface area contributed by atoms with Crippen LogP contribution in [0, 0.1) is 5.92 Å². The van der Waals surface area contributed by atoms with Gasteiger partial charge in [-0.15, -0.1) is 0 Å². The van der Waals surface area contributed by atoms with E-state index in [0.717, 1.165) is 25.7 Å². The van der Waals surface area contributed by atoms with Gasteiger partial charge in [0.2, 0.25) is 0 Å². The SMILES string of the molecule is CCCCCCC(CCCCCC)COP(=O)(O)O.CCCCCCCCCCCCN(C)C. The summed E-state index contributed by atoms with van der Waals surface area (Å²) in [5, 5.41) is 0. The molecule has 0 spiro atoms. The van der Waals surface area contributed by atoms with Crippen molar-refractivity contribution in [1.29, 1.82) is 0 Å². The van der Waals surface area contributed by atoms with Crippen molar-refractivity contribution in [2.45, 2.75) is 149 Å². The molecule has 0 aliphatic heterocycles. The van der Waals surface area contributed by atoms with Crippen LogP contribution in [0.25, 0.3) is 0 Å². The molecular formula is C28H62NO4P. The van der Waals surface area contributed by atoms with Crippen LogP contribution in [0.3, 0.4) is 0 Å². The maximum Gasteiger partial charge on any atom is 0.469 e. The minimum Gasteiger partial charge on any atom is -0.309 e. The first-order chi connectivity index (χ1) is 16.3. The van der Waals surface area contributed by atoms with Gasteiger partial charge in [-0.25, -0.2) is 4.57 Å². The standard InChI is InChI=1S/C14H31N.C14H31O4P/c1-4-5-6-7-8-9-10-11-12-13-14-15(2)3;1-3-5-7-9-11-14(12-10-8-6-4-2)13-18-19(15,16)17/h4-14H2,1-3H3;14H,3-13H2,1-2H3,(H2,15,16,17). The zero-order valence-corrected chi connectivity index (χ0v) is 24.6. The summed E-state index contributed by atoms with van der Waals surface area (Å²) in [5.41, 5.74) is 0. The Bertz CT molecular complexity index is 417. The van der Waals surface area contributed by atoms with E-state index >= 15 is 0 Å². The third-order valence-corrected chi connectivity index (χ3v) is 6.85. The highest BCUT2D eigenvalue weighted by Crippen LogP contribution is 2.37. The summed E-state index contributed by atoms with van der Waals surface area (Å²) in [6.45, 7) is 8.10. The Labute approximate surface area is 214 Å². The molecule has 6 heteroatoms. The van der Waals surface area contributed by atoms with Crippen LogP contribution in [-0.2, 0) is 9.09 Å². The van der Waals surface area contributed by atoms with Gasteiger partial charge >= 0.3 is 7.82 Å². The van der Waals surface area contributed by atoms with Crippen LogP contribution < -0.4 is 0 Å². The first-order valence-corrected chi connectivity index (χ1v) is 16.1. The molecule has 0 aromatic heterocycles. The Morgan fingerprint density at radius 1 is 0.618 bits per heavy atom. The number of unbranched alkanes of at least 4 members (excludes halogenated alkanes) is 15. The first kappa shape index (κ1) is 36.2. The largest absolute Gasteiger partial charge is 0.469 e. The fourth-order valence-electron chi connectivity index (χ4n) is 4.15. The van der Waals surface area contributed by atoms with Gasteiger partial charge in [0.1, 0.15) is 0 Å². The minimum atomic E-state index is -4.31. The van der Waals surface area contributed by atoms with Gasteiger partial charge < -0.3 is 14.7 Å². The highest BCUT2D eigenvalue weighted by atomic mass is 31.2. The van der Waals surface area contributed by atoms with E-state index in [1.54, 1.807) is 0 Å². The zero-order valence-electron chi connectivity index (χ0n) is 23.7. The molecule has 0 aliphatic carbocycles. The average molecular weight is 508 g/mol. The van der Waals surface area contributed by atoms with Crippen molar-refractivity contribution in [2.24, 2.45) is 5.92 Å². The minimum absolute atomic E-state index is 0.197. The first-order valence-electron chi connectivity index (χ1n) is 14.6. The Hall–Kier alpha value is 0.0700. The summed E-state index contributed by atoms with van der Waals surface area (Å²) in [5.74, 6) is 0.293. The lowest BCUT2D eigenvalue weighted by Gasteiger charge is -2.17. The van der Waals surface area contributed by atoms with E-state index in [-0.39, 0.29) is 6.61 Å². The van der Waals surface area contributed by atoms with Gasteiger partial charge in [0, 0.05) is 0 Å². The van der Waals surface area contributed by atoms with E-state index in [1.807, 2.05) is 0 Å². The summed E-state index contributed by atoms with van der Waals surface area (Å²) in [6, 6.07) is 0. The van der Waals surface area contributed by atoms with Crippen LogP contribution in [-0.4, -0.2) is 41.9 Å². The summed E-state index contributed by atoms with van der Waals surface area (Å²) >= 11 is 0. The van der Waals surface area contributed by atoms with Gasteiger partial charge in [-0.3, -0.25) is 4.52 Å². The van der Waals surface area contributed by atoms with E-state index in [1.165, 1.54) is 109 Å². The second kappa shape index (κ2) is 27.7. The van der Waals surface area contributed by atoms with Gasteiger partial charge in [-0.2, -0.15) is 0 Å². The molecule has 0 aromatic carbocycles. The van der Waals surface area contributed by atoms with Crippen molar-refractivity contribution in [3.8, 4) is 0 Å². The Kier molecular flexibility index (Phi) is 29.5. The Balaban J connectivity index is 0. The number of nitrogens with zero attached hydrogens (tertiary/aromatic N) is 1. The number of rotatable bonds is 24. The van der Waals surface area contributed by atoms with E-state index in [2.05, 4.69) is 44.3 Å². The predicted octanol–water partition coefficient (Wildman–Crippen LogP) is 9.12. The number of hydrogen-bond donors (Lipinski definition) is 2. The second-order valence-corrected chi connectivity index (χ2v) is 11.6. The van der Waals surface area contributed by atoms with E-state index < -0.39 is 7.82 Å². The topological polar surface area (TPSA) is 70.0 Å². The molecule has 0 atom stereocenters. The molecule has 0 saturated heterocycles. The highest BCUT2D eigenvalue weighted by molar-refractivity contribution is 7.46. The van der Waals surface area contributed by atoms with Crippen molar-refractivity contribution in [3.05, 3.63) is 0 Å². The van der Waals surface area contributed by atoms with E-state index in [9.17, 15) is 4.57 Å². The highest BCUT2D eigenvalue weighted by Gasteiger charge is 2.18. The molecular weight excluding hydrogens is 445 g/mol. The van der Waals surface area contributed by atoms with Crippen molar-refractivity contribution < 1.29 is 18.9 Å². The monoisotopic (exact) mass is 507 g/mol. The molecule has 208 valence electrons. The molecule has 0 amide bonds. The summed E-state index contributed by atoms with van der Waals surface area (Å²) in [4.78, 5) is 19.8. The number of phosphoric acid groups is 1. The lowest BCUT2D eigenvalue weighted by atomic mass is 9.95. The molecule has 34 heavy (non-hydrogen) atoms. The van der Waals surface area contributed by atoms with Crippen LogP contribution >= 0.6 is 7.82 Å². The summed E-state index contributed by atoms with van der Waals surface area (Å²) < 4.78 is 15.4. The van der Waals surface area contributed by atoms with Crippen LogP contribution in [0.5, 0.6) is 0 Å². The molecule has 0 aromatic rings. The lowest BCUT2D eigenvalue weighted by molar-refractivity contribution is 0.157. The molecule has 0 bridgehead atoms. The van der Waals surface area contributed by atoms with E-state index in [0.29, 0.717) is 5.92 Å². The van der Waals surface area contributed by atoms with Crippen molar-refractivity contribution in [2.75, 3.05) is 27.2 Å². The zero-order chi connectivity index (χ0) is 25.9. The van der Waals surface area contributed by atoms with Crippen LogP contribution in [0.15, 0.2) is 0 Å². The van der Waals surface area contributed by atoms with Crippen molar-refractivity contribution in [1.82, 2.24) is 4.90 Å². The van der Waals surface area contributed by atoms with Crippen molar-refractivity contribution >= 4 is 7.82 Å². The maximum atomic E-state index is 10.8. The van der Waals surface area contributed by atoms with E-state index in [4.69, 9.17) is 9.79 Å². The number of phosphoric ester groups is 1. The molecule has 2 N–H and O–H groups in total. The maximum absolute atomic E-state index is 10.8. The number of hydrogen-bond acceptors (Lipinski definition) is 3. The predicted molar refractivity (Wildman–Crippen MR) is 149 cm³/mol. The third-order valence-electron chi connectivity index (χ3n) is 6.37. The van der Waals surface area contributed by atoms with Gasteiger partial charge in [-0.1, -0.05) is 130 Å². The second-order valence-electron chi connectivity index (χ2n) is 10.3. The molecule has 0 heterocycles. The molecule has 0 aliphatic rings. The fourth-order valence-corrected chi connectivity index (χ4v) is 4.55. The smallest absolute Gasteiger partial charge is 0.309 e. The molecule has 0 radical (unpaired) electrons. The third kappa shape index (κ3) is 34.2. The Morgan fingerprint density at radius 2 is 0.971 bits per heavy atom. The molecule has 5 nitrogen and oxygen atoms in total. The molecule has 0 rings (SSSR count). The van der Waals surface area contributed by atoms with Crippen LogP contribution in [0.2, 0.25) is 0 Å². The van der Waals surface area contributed by atoms with Crippen LogP contribution in [0.4, 0.5) is 0 Å². The molecule has 0 fully saturated rings. The van der Waals surface area contributed by atoms with Gasteiger partial charge in [0.05, 0.1) is 6.61 Å². The van der Waals surface area contributed by atoms with Crippen molar-refractivity contribution in [3.63, 3.8) is 0 Å². The van der Waals surface area contributed by atoms with Crippen LogP contribution in [0.1, 0.15) is 149 Å². The Morgan fingerprint density at radius 3 is 1.32 bits per heavy atom. The average Bonchev–Trinajstić information content (AvgIpc) is 2.78. The molecule has 0 saturated carbocycles. The lowest BCUT2D eigenvalue weighted by Crippen LogP contribution is -2.12.